The fourth-order valence-electron chi connectivity index (χ4n) is 0.767. The minimum atomic E-state index is -3.06. The molecule has 0 saturated carbocycles. The van der Waals surface area contributed by atoms with E-state index < -0.39 is 7.60 Å². The van der Waals surface area contributed by atoms with E-state index in [1.54, 1.807) is 13.8 Å². The van der Waals surface area contributed by atoms with Crippen LogP contribution in [0.2, 0.25) is 0 Å². The van der Waals surface area contributed by atoms with E-state index in [1.807, 2.05) is 6.92 Å². The van der Waals surface area contributed by atoms with Crippen molar-refractivity contribution in [2.75, 3.05) is 19.0 Å². The van der Waals surface area contributed by atoms with Crippen LogP contribution in [0.4, 0.5) is 0 Å². The second-order valence-corrected chi connectivity index (χ2v) is 5.87. The van der Waals surface area contributed by atoms with E-state index in [-0.39, 0.29) is 0 Å². The van der Waals surface area contributed by atoms with Crippen LogP contribution < -0.4 is 0 Å². The molecule has 5 heteroatoms. The van der Waals surface area contributed by atoms with E-state index >= 15 is 0 Å². The standard InChI is InChI=1S/C8H17O3PS/c1-5-10-12(9,11-6-2)8(4)13-7-3/h4-7H2,1-3H3. The Hall–Kier alpha value is 0.240. The van der Waals surface area contributed by atoms with E-state index in [0.717, 1.165) is 5.75 Å². The first-order valence-corrected chi connectivity index (χ1v) is 6.84. The molecule has 78 valence electrons. The molecule has 0 unspecified atom stereocenters. The Morgan fingerprint density at radius 1 is 1.31 bits per heavy atom. The SMILES string of the molecule is C=C(SCC)P(=O)(OCC)OCC. The summed E-state index contributed by atoms with van der Waals surface area (Å²) < 4.78 is 22.6. The summed E-state index contributed by atoms with van der Waals surface area (Å²) in [6.45, 7) is 10.00. The van der Waals surface area contributed by atoms with Gasteiger partial charge in [-0.15, -0.1) is 11.8 Å². The van der Waals surface area contributed by atoms with Crippen LogP contribution in [0, 0.1) is 0 Å². The van der Waals surface area contributed by atoms with Gasteiger partial charge in [0.1, 0.15) is 0 Å². The molecular weight excluding hydrogens is 207 g/mol. The van der Waals surface area contributed by atoms with Gasteiger partial charge >= 0.3 is 7.60 Å². The van der Waals surface area contributed by atoms with Crippen molar-refractivity contribution in [3.8, 4) is 0 Å². The predicted molar refractivity (Wildman–Crippen MR) is 58.1 cm³/mol. The van der Waals surface area contributed by atoms with E-state index in [4.69, 9.17) is 9.05 Å². The van der Waals surface area contributed by atoms with Gasteiger partial charge in [0.05, 0.1) is 17.9 Å². The molecule has 0 fully saturated rings. The highest BCUT2D eigenvalue weighted by Gasteiger charge is 2.27. The topological polar surface area (TPSA) is 35.5 Å². The quantitative estimate of drug-likeness (QED) is 0.620. The number of rotatable bonds is 7. The number of hydrogen-bond acceptors (Lipinski definition) is 4. The highest BCUT2D eigenvalue weighted by atomic mass is 32.2. The molecule has 0 heterocycles. The van der Waals surface area contributed by atoms with Gasteiger partial charge in [-0.25, -0.2) is 0 Å². The zero-order valence-corrected chi connectivity index (χ0v) is 10.1. The molecule has 13 heavy (non-hydrogen) atoms. The summed E-state index contributed by atoms with van der Waals surface area (Å²) in [4.78, 5) is 0. The van der Waals surface area contributed by atoms with Gasteiger partial charge in [0, 0.05) is 0 Å². The van der Waals surface area contributed by atoms with Crippen LogP contribution in [0.1, 0.15) is 20.8 Å². The molecule has 0 radical (unpaired) electrons. The van der Waals surface area contributed by atoms with Crippen molar-refractivity contribution in [1.29, 1.82) is 0 Å². The minimum Gasteiger partial charge on any atom is -0.305 e. The molecule has 0 bridgehead atoms. The van der Waals surface area contributed by atoms with Crippen molar-refractivity contribution in [2.45, 2.75) is 20.8 Å². The lowest BCUT2D eigenvalue weighted by atomic mass is 10.9. The zero-order chi connectivity index (χ0) is 10.3. The molecule has 0 spiro atoms. The van der Waals surface area contributed by atoms with Gasteiger partial charge in [-0.05, 0) is 19.6 Å². The zero-order valence-electron chi connectivity index (χ0n) is 8.41. The third-order valence-corrected chi connectivity index (χ3v) is 4.70. The van der Waals surface area contributed by atoms with Crippen LogP contribution in [-0.2, 0) is 13.6 Å². The Morgan fingerprint density at radius 2 is 1.77 bits per heavy atom. The van der Waals surface area contributed by atoms with Crippen LogP contribution in [0.5, 0.6) is 0 Å². The van der Waals surface area contributed by atoms with E-state index in [9.17, 15) is 4.57 Å². The molecule has 3 nitrogen and oxygen atoms in total. The second-order valence-electron chi connectivity index (χ2n) is 2.16. The molecule has 0 atom stereocenters. The first-order valence-electron chi connectivity index (χ1n) is 4.32. The van der Waals surface area contributed by atoms with Gasteiger partial charge < -0.3 is 9.05 Å². The van der Waals surface area contributed by atoms with Gasteiger partial charge in [-0.3, -0.25) is 4.57 Å². The van der Waals surface area contributed by atoms with Gasteiger partial charge in [0.15, 0.2) is 0 Å². The largest absolute Gasteiger partial charge is 0.366 e. The maximum atomic E-state index is 11.9. The van der Waals surface area contributed by atoms with Gasteiger partial charge in [-0.1, -0.05) is 13.5 Å². The van der Waals surface area contributed by atoms with Crippen LogP contribution in [0.25, 0.3) is 0 Å². The highest BCUT2D eigenvalue weighted by Crippen LogP contribution is 2.59. The molecular formula is C8H17O3PS. The summed E-state index contributed by atoms with van der Waals surface area (Å²) in [5.74, 6) is 0.822. The third-order valence-electron chi connectivity index (χ3n) is 1.21. The lowest BCUT2D eigenvalue weighted by Crippen LogP contribution is -1.96. The maximum Gasteiger partial charge on any atom is 0.366 e. The monoisotopic (exact) mass is 224 g/mol. The van der Waals surface area contributed by atoms with E-state index in [1.165, 1.54) is 11.8 Å². The van der Waals surface area contributed by atoms with E-state index in [0.29, 0.717) is 17.9 Å². The first-order chi connectivity index (χ1) is 6.10. The van der Waals surface area contributed by atoms with Crippen LogP contribution in [-0.4, -0.2) is 19.0 Å². The summed E-state index contributed by atoms with van der Waals surface area (Å²) in [7, 11) is -3.06. The van der Waals surface area contributed by atoms with Crippen LogP contribution >= 0.6 is 19.4 Å². The summed E-state index contributed by atoms with van der Waals surface area (Å²) in [6, 6.07) is 0. The average molecular weight is 224 g/mol. The molecule has 0 rings (SSSR count). The Balaban J connectivity index is 4.38. The Labute approximate surface area is 84.4 Å². The molecule has 0 aliphatic heterocycles. The van der Waals surface area contributed by atoms with E-state index in [2.05, 4.69) is 6.58 Å². The molecule has 0 amide bonds. The third kappa shape index (κ3) is 4.32. The number of thioether (sulfide) groups is 1. The smallest absolute Gasteiger partial charge is 0.305 e. The summed E-state index contributed by atoms with van der Waals surface area (Å²) in [6.07, 6.45) is 0. The van der Waals surface area contributed by atoms with Crippen molar-refractivity contribution < 1.29 is 13.6 Å². The Morgan fingerprint density at radius 3 is 2.08 bits per heavy atom. The molecule has 0 saturated heterocycles. The molecule has 0 aliphatic carbocycles. The van der Waals surface area contributed by atoms with Crippen molar-refractivity contribution in [3.63, 3.8) is 0 Å². The van der Waals surface area contributed by atoms with Crippen molar-refractivity contribution in [3.05, 3.63) is 11.2 Å². The lowest BCUT2D eigenvalue weighted by molar-refractivity contribution is 0.228. The first kappa shape index (κ1) is 13.2. The predicted octanol–water partition coefficient (Wildman–Crippen LogP) is 3.48. The lowest BCUT2D eigenvalue weighted by Gasteiger charge is -2.17. The van der Waals surface area contributed by atoms with Gasteiger partial charge in [0.25, 0.3) is 0 Å². The Kier molecular flexibility index (Phi) is 6.78. The summed E-state index contributed by atoms with van der Waals surface area (Å²) in [5, 5.41) is 0. The van der Waals surface area contributed by atoms with Crippen molar-refractivity contribution in [1.82, 2.24) is 0 Å². The summed E-state index contributed by atoms with van der Waals surface area (Å²) >= 11 is 1.41. The van der Waals surface area contributed by atoms with Gasteiger partial charge in [0.2, 0.25) is 0 Å². The van der Waals surface area contributed by atoms with Crippen LogP contribution in [0.15, 0.2) is 11.2 Å². The fourth-order valence-corrected chi connectivity index (χ4v) is 3.48. The molecule has 0 aromatic heterocycles. The molecule has 0 aromatic carbocycles. The van der Waals surface area contributed by atoms with Crippen molar-refractivity contribution in [2.24, 2.45) is 0 Å². The second kappa shape index (κ2) is 6.66. The van der Waals surface area contributed by atoms with Gasteiger partial charge in [-0.2, -0.15) is 0 Å². The molecule has 0 N–H and O–H groups in total. The summed E-state index contributed by atoms with van der Waals surface area (Å²) in [5.41, 5.74) is 0. The average Bonchev–Trinajstić information content (AvgIpc) is 2.05. The maximum absolute atomic E-state index is 11.9. The molecule has 0 aromatic rings. The number of hydrogen-bond donors (Lipinski definition) is 0. The van der Waals surface area contributed by atoms with Crippen molar-refractivity contribution >= 4 is 19.4 Å². The minimum absolute atomic E-state index is 0.376. The highest BCUT2D eigenvalue weighted by molar-refractivity contribution is 8.09. The fraction of sp³-hybridized carbons (Fsp3) is 0.750. The van der Waals surface area contributed by atoms with Crippen LogP contribution in [0.3, 0.4) is 0 Å². The molecule has 0 aliphatic rings. The Bertz CT molecular complexity index is 196. The normalized spacial score (nSPS) is 11.6.